The Morgan fingerprint density at radius 2 is 2.04 bits per heavy atom. The highest BCUT2D eigenvalue weighted by atomic mass is 16.4. The second kappa shape index (κ2) is 8.16. The third kappa shape index (κ3) is 4.60. The fraction of sp³-hybridized carbons (Fsp3) is 0.294. The zero-order valence-electron chi connectivity index (χ0n) is 13.6. The molecule has 3 amide bonds. The van der Waals surface area contributed by atoms with Crippen LogP contribution in [0.3, 0.4) is 0 Å². The van der Waals surface area contributed by atoms with Gasteiger partial charge in [-0.3, -0.25) is 4.79 Å². The smallest absolute Gasteiger partial charge is 0.319 e. The molecule has 128 valence electrons. The van der Waals surface area contributed by atoms with Crippen LogP contribution in [0.5, 0.6) is 0 Å². The van der Waals surface area contributed by atoms with Gasteiger partial charge in [-0.25, -0.2) is 4.79 Å². The standard InChI is InChI=1S/C17H21N3O4/c1-3-18-16(22)12-6-7-13(11(2)9-12)20-17(23)19-10-14(21)15-5-4-8-24-15/h4-9,14,21H,3,10H2,1-2H3,(H,18,22)(H2,19,20,23). The number of nitrogens with one attached hydrogen (secondary N) is 3. The van der Waals surface area contributed by atoms with Crippen LogP contribution in [0.2, 0.25) is 0 Å². The molecule has 1 aromatic heterocycles. The van der Waals surface area contributed by atoms with Gasteiger partial charge in [0.25, 0.3) is 5.91 Å². The molecule has 1 atom stereocenters. The maximum atomic E-state index is 11.9. The number of carbonyl (C=O) groups excluding carboxylic acids is 2. The van der Waals surface area contributed by atoms with Crippen molar-refractivity contribution in [3.8, 4) is 0 Å². The lowest BCUT2D eigenvalue weighted by atomic mass is 10.1. The number of anilines is 1. The summed E-state index contributed by atoms with van der Waals surface area (Å²) in [4.78, 5) is 23.7. The molecule has 0 fully saturated rings. The average Bonchev–Trinajstić information content (AvgIpc) is 3.09. The van der Waals surface area contributed by atoms with Crippen LogP contribution in [0.25, 0.3) is 0 Å². The third-order valence-electron chi connectivity index (χ3n) is 3.40. The van der Waals surface area contributed by atoms with Crippen LogP contribution in [0.4, 0.5) is 10.5 Å². The van der Waals surface area contributed by atoms with Gasteiger partial charge in [0.15, 0.2) is 0 Å². The van der Waals surface area contributed by atoms with Gasteiger partial charge in [-0.2, -0.15) is 0 Å². The van der Waals surface area contributed by atoms with Gasteiger partial charge in [0.2, 0.25) is 0 Å². The minimum atomic E-state index is -0.910. The number of benzene rings is 1. The Kier molecular flexibility index (Phi) is 5.97. The summed E-state index contributed by atoms with van der Waals surface area (Å²) in [6.07, 6.45) is 0.546. The van der Waals surface area contributed by atoms with Crippen LogP contribution in [-0.2, 0) is 0 Å². The molecule has 7 heteroatoms. The lowest BCUT2D eigenvalue weighted by Gasteiger charge is -2.13. The van der Waals surface area contributed by atoms with Crippen molar-refractivity contribution in [2.45, 2.75) is 20.0 Å². The number of hydrogen-bond acceptors (Lipinski definition) is 4. The van der Waals surface area contributed by atoms with Crippen molar-refractivity contribution in [1.82, 2.24) is 10.6 Å². The van der Waals surface area contributed by atoms with Gasteiger partial charge in [0.1, 0.15) is 11.9 Å². The first kappa shape index (κ1) is 17.6. The lowest BCUT2D eigenvalue weighted by molar-refractivity contribution is 0.0955. The highest BCUT2D eigenvalue weighted by Gasteiger charge is 2.13. The van der Waals surface area contributed by atoms with E-state index in [-0.39, 0.29) is 12.5 Å². The topological polar surface area (TPSA) is 104 Å². The molecule has 2 aromatic rings. The van der Waals surface area contributed by atoms with Gasteiger partial charge in [-0.15, -0.1) is 0 Å². The van der Waals surface area contributed by atoms with Crippen molar-refractivity contribution in [3.63, 3.8) is 0 Å². The summed E-state index contributed by atoms with van der Waals surface area (Å²) in [6, 6.07) is 7.87. The third-order valence-corrected chi connectivity index (χ3v) is 3.40. The van der Waals surface area contributed by atoms with Gasteiger partial charge < -0.3 is 25.5 Å². The Morgan fingerprint density at radius 1 is 1.25 bits per heavy atom. The second-order valence-corrected chi connectivity index (χ2v) is 5.26. The Bertz CT molecular complexity index is 698. The summed E-state index contributed by atoms with van der Waals surface area (Å²) >= 11 is 0. The van der Waals surface area contributed by atoms with Crippen LogP contribution < -0.4 is 16.0 Å². The van der Waals surface area contributed by atoms with E-state index in [0.717, 1.165) is 5.56 Å². The van der Waals surface area contributed by atoms with Crippen molar-refractivity contribution in [3.05, 3.63) is 53.5 Å². The summed E-state index contributed by atoms with van der Waals surface area (Å²) in [5, 5.41) is 17.8. The number of aliphatic hydroxyl groups excluding tert-OH is 1. The molecule has 0 spiro atoms. The molecule has 0 aliphatic rings. The van der Waals surface area contributed by atoms with Crippen LogP contribution in [0.1, 0.15) is 34.7 Å². The van der Waals surface area contributed by atoms with Crippen LogP contribution in [0, 0.1) is 6.92 Å². The Hall–Kier alpha value is -2.80. The zero-order valence-corrected chi connectivity index (χ0v) is 13.6. The molecular formula is C17H21N3O4. The minimum absolute atomic E-state index is 0.0232. The monoisotopic (exact) mass is 331 g/mol. The van der Waals surface area contributed by atoms with Crippen molar-refractivity contribution in [2.75, 3.05) is 18.4 Å². The molecule has 1 aromatic carbocycles. The molecule has 7 nitrogen and oxygen atoms in total. The number of aliphatic hydroxyl groups is 1. The number of amides is 3. The average molecular weight is 331 g/mol. The molecule has 0 radical (unpaired) electrons. The number of furan rings is 1. The number of rotatable bonds is 6. The number of urea groups is 1. The Morgan fingerprint density at radius 3 is 2.67 bits per heavy atom. The van der Waals surface area contributed by atoms with Crippen molar-refractivity contribution >= 4 is 17.6 Å². The van der Waals surface area contributed by atoms with Crippen molar-refractivity contribution in [1.29, 1.82) is 0 Å². The summed E-state index contributed by atoms with van der Waals surface area (Å²) in [6.45, 7) is 4.23. The molecular weight excluding hydrogens is 310 g/mol. The van der Waals surface area contributed by atoms with Crippen molar-refractivity contribution < 1.29 is 19.1 Å². The Balaban J connectivity index is 1.90. The van der Waals surface area contributed by atoms with Crippen LogP contribution in [-0.4, -0.2) is 30.1 Å². The normalized spacial score (nSPS) is 11.6. The van der Waals surface area contributed by atoms with E-state index in [0.29, 0.717) is 23.6 Å². The van der Waals surface area contributed by atoms with E-state index in [2.05, 4.69) is 16.0 Å². The van der Waals surface area contributed by atoms with Crippen LogP contribution in [0.15, 0.2) is 41.0 Å². The van der Waals surface area contributed by atoms with Gasteiger partial charge in [-0.1, -0.05) is 0 Å². The molecule has 24 heavy (non-hydrogen) atoms. The molecule has 0 saturated heterocycles. The van der Waals surface area contributed by atoms with E-state index in [1.807, 2.05) is 6.92 Å². The van der Waals surface area contributed by atoms with Gasteiger partial charge in [0.05, 0.1) is 12.8 Å². The molecule has 0 bridgehead atoms. The fourth-order valence-corrected chi connectivity index (χ4v) is 2.15. The van der Waals surface area contributed by atoms with Crippen molar-refractivity contribution in [2.24, 2.45) is 0 Å². The highest BCUT2D eigenvalue weighted by Crippen LogP contribution is 2.17. The maximum Gasteiger partial charge on any atom is 0.319 e. The van der Waals surface area contributed by atoms with E-state index >= 15 is 0 Å². The summed E-state index contributed by atoms with van der Waals surface area (Å²) in [7, 11) is 0. The van der Waals surface area contributed by atoms with E-state index in [9.17, 15) is 14.7 Å². The molecule has 0 aliphatic carbocycles. The number of hydrogen-bond donors (Lipinski definition) is 4. The summed E-state index contributed by atoms with van der Waals surface area (Å²) in [5.41, 5.74) is 1.89. The second-order valence-electron chi connectivity index (χ2n) is 5.26. The molecule has 2 rings (SSSR count). The molecule has 0 aliphatic heterocycles. The van der Waals surface area contributed by atoms with Gasteiger partial charge >= 0.3 is 6.03 Å². The Labute approximate surface area is 140 Å². The lowest BCUT2D eigenvalue weighted by Crippen LogP contribution is -2.32. The highest BCUT2D eigenvalue weighted by molar-refractivity contribution is 5.96. The largest absolute Gasteiger partial charge is 0.467 e. The van der Waals surface area contributed by atoms with Crippen LogP contribution >= 0.6 is 0 Å². The zero-order chi connectivity index (χ0) is 17.5. The summed E-state index contributed by atoms with van der Waals surface area (Å²) < 4.78 is 5.06. The number of carbonyl (C=O) groups is 2. The predicted octanol–water partition coefficient (Wildman–Crippen LogP) is 2.19. The van der Waals surface area contributed by atoms with E-state index < -0.39 is 12.1 Å². The maximum absolute atomic E-state index is 11.9. The first-order valence-electron chi connectivity index (χ1n) is 7.66. The van der Waals surface area contributed by atoms with Gasteiger partial charge in [0, 0.05) is 17.8 Å². The quantitative estimate of drug-likeness (QED) is 0.651. The first-order chi connectivity index (χ1) is 11.5. The van der Waals surface area contributed by atoms with E-state index in [4.69, 9.17) is 4.42 Å². The minimum Gasteiger partial charge on any atom is -0.467 e. The number of aryl methyl sites for hydroxylation is 1. The SMILES string of the molecule is CCNC(=O)c1ccc(NC(=O)NCC(O)c2ccco2)c(C)c1. The molecule has 0 saturated carbocycles. The first-order valence-corrected chi connectivity index (χ1v) is 7.66. The molecule has 4 N–H and O–H groups in total. The fourth-order valence-electron chi connectivity index (χ4n) is 2.15. The van der Waals surface area contributed by atoms with E-state index in [1.165, 1.54) is 6.26 Å². The predicted molar refractivity (Wildman–Crippen MR) is 89.9 cm³/mol. The van der Waals surface area contributed by atoms with Gasteiger partial charge in [-0.05, 0) is 49.7 Å². The summed E-state index contributed by atoms with van der Waals surface area (Å²) in [5.74, 6) is 0.232. The van der Waals surface area contributed by atoms with E-state index in [1.54, 1.807) is 37.3 Å². The molecule has 1 heterocycles. The molecule has 1 unspecified atom stereocenters.